The molecule has 1 aliphatic heterocycles. The minimum absolute atomic E-state index is 0.315. The molecule has 1 fully saturated rings. The standard InChI is InChI=1S/C14H23N3O2/c1-11(2)17-8-5-13(15-17)10-16-6-3-12(4-7-16)9-14(18)19/h5,8,11-12H,3-4,6-7,9-10H2,1-2H3,(H,18,19). The summed E-state index contributed by atoms with van der Waals surface area (Å²) in [4.78, 5) is 13.0. The number of likely N-dealkylation sites (tertiary alicyclic amines) is 1. The van der Waals surface area contributed by atoms with Crippen molar-refractivity contribution in [3.05, 3.63) is 18.0 Å². The van der Waals surface area contributed by atoms with Crippen LogP contribution in [0.1, 0.15) is 44.8 Å². The summed E-state index contributed by atoms with van der Waals surface area (Å²) >= 11 is 0. The summed E-state index contributed by atoms with van der Waals surface area (Å²) in [5, 5.41) is 13.3. The summed E-state index contributed by atoms with van der Waals surface area (Å²) in [6.07, 6.45) is 4.31. The van der Waals surface area contributed by atoms with Crippen molar-refractivity contribution >= 4 is 5.97 Å². The van der Waals surface area contributed by atoms with E-state index in [0.717, 1.165) is 38.2 Å². The highest BCUT2D eigenvalue weighted by Gasteiger charge is 2.21. The van der Waals surface area contributed by atoms with Gasteiger partial charge in [-0.1, -0.05) is 0 Å². The molecular formula is C14H23N3O2. The number of nitrogens with zero attached hydrogens (tertiary/aromatic N) is 3. The summed E-state index contributed by atoms with van der Waals surface area (Å²) in [5.74, 6) is -0.323. The molecule has 1 aromatic rings. The number of carboxylic acid groups (broad SMARTS) is 1. The van der Waals surface area contributed by atoms with Crippen molar-refractivity contribution in [1.82, 2.24) is 14.7 Å². The number of hydrogen-bond donors (Lipinski definition) is 1. The molecule has 0 bridgehead atoms. The molecule has 1 aromatic heterocycles. The van der Waals surface area contributed by atoms with Crippen molar-refractivity contribution < 1.29 is 9.90 Å². The monoisotopic (exact) mass is 265 g/mol. The second-order valence-electron chi connectivity index (χ2n) is 5.70. The average molecular weight is 265 g/mol. The van der Waals surface area contributed by atoms with Gasteiger partial charge < -0.3 is 5.11 Å². The summed E-state index contributed by atoms with van der Waals surface area (Å²) < 4.78 is 1.98. The van der Waals surface area contributed by atoms with Gasteiger partial charge in [-0.3, -0.25) is 14.4 Å². The predicted octanol–water partition coefficient (Wildman–Crippen LogP) is 2.15. The third-order valence-electron chi connectivity index (χ3n) is 3.75. The van der Waals surface area contributed by atoms with Gasteiger partial charge in [0.2, 0.25) is 0 Å². The molecule has 0 aromatic carbocycles. The van der Waals surface area contributed by atoms with Crippen LogP contribution in [-0.2, 0) is 11.3 Å². The van der Waals surface area contributed by atoms with E-state index in [1.165, 1.54) is 0 Å². The molecule has 2 heterocycles. The Hall–Kier alpha value is -1.36. The van der Waals surface area contributed by atoms with Crippen molar-refractivity contribution in [3.8, 4) is 0 Å². The van der Waals surface area contributed by atoms with E-state index in [1.54, 1.807) is 0 Å². The van der Waals surface area contributed by atoms with Crippen molar-refractivity contribution in [2.24, 2.45) is 5.92 Å². The maximum atomic E-state index is 10.7. The Morgan fingerprint density at radius 2 is 2.16 bits per heavy atom. The normalized spacial score (nSPS) is 18.1. The molecule has 1 saturated heterocycles. The Balaban J connectivity index is 1.80. The van der Waals surface area contributed by atoms with Gasteiger partial charge >= 0.3 is 5.97 Å². The number of rotatable bonds is 5. The number of aliphatic carboxylic acids is 1. The smallest absolute Gasteiger partial charge is 0.303 e. The Bertz CT molecular complexity index is 420. The van der Waals surface area contributed by atoms with Crippen LogP contribution < -0.4 is 0 Å². The van der Waals surface area contributed by atoms with Gasteiger partial charge in [0.25, 0.3) is 0 Å². The number of carboxylic acids is 1. The molecule has 5 heteroatoms. The maximum absolute atomic E-state index is 10.7. The summed E-state index contributed by atoms with van der Waals surface area (Å²) in [5.41, 5.74) is 1.10. The lowest BCUT2D eigenvalue weighted by atomic mass is 9.93. The van der Waals surface area contributed by atoms with E-state index in [1.807, 2.05) is 10.9 Å². The predicted molar refractivity (Wildman–Crippen MR) is 72.9 cm³/mol. The molecule has 106 valence electrons. The lowest BCUT2D eigenvalue weighted by Gasteiger charge is -2.30. The molecule has 0 spiro atoms. The minimum Gasteiger partial charge on any atom is -0.481 e. The fraction of sp³-hybridized carbons (Fsp3) is 0.714. The molecule has 0 amide bonds. The third kappa shape index (κ3) is 4.06. The molecule has 0 radical (unpaired) electrons. The molecule has 0 unspecified atom stereocenters. The van der Waals surface area contributed by atoms with Gasteiger partial charge in [0, 0.05) is 25.2 Å². The van der Waals surface area contributed by atoms with Gasteiger partial charge in [-0.25, -0.2) is 0 Å². The molecule has 0 atom stereocenters. The van der Waals surface area contributed by atoms with Crippen molar-refractivity contribution in [3.63, 3.8) is 0 Å². The van der Waals surface area contributed by atoms with Crippen LogP contribution in [0, 0.1) is 5.92 Å². The summed E-state index contributed by atoms with van der Waals surface area (Å²) in [6.45, 7) is 7.07. The van der Waals surface area contributed by atoms with Crippen LogP contribution in [0.4, 0.5) is 0 Å². The van der Waals surface area contributed by atoms with E-state index in [2.05, 4.69) is 29.9 Å². The van der Waals surface area contributed by atoms with Crippen LogP contribution in [0.15, 0.2) is 12.3 Å². The van der Waals surface area contributed by atoms with Crippen molar-refractivity contribution in [2.75, 3.05) is 13.1 Å². The van der Waals surface area contributed by atoms with E-state index < -0.39 is 5.97 Å². The van der Waals surface area contributed by atoms with Crippen LogP contribution in [0.5, 0.6) is 0 Å². The van der Waals surface area contributed by atoms with Gasteiger partial charge in [-0.2, -0.15) is 5.10 Å². The zero-order valence-corrected chi connectivity index (χ0v) is 11.7. The fourth-order valence-electron chi connectivity index (χ4n) is 2.57. The van der Waals surface area contributed by atoms with Crippen LogP contribution in [-0.4, -0.2) is 38.8 Å². The number of carbonyl (C=O) groups is 1. The highest BCUT2D eigenvalue weighted by molar-refractivity contribution is 5.67. The molecule has 1 aliphatic rings. The van der Waals surface area contributed by atoms with Gasteiger partial charge in [-0.15, -0.1) is 0 Å². The molecule has 1 N–H and O–H groups in total. The average Bonchev–Trinajstić information content (AvgIpc) is 2.80. The molecule has 0 aliphatic carbocycles. The third-order valence-corrected chi connectivity index (χ3v) is 3.75. The fourth-order valence-corrected chi connectivity index (χ4v) is 2.57. The lowest BCUT2D eigenvalue weighted by Crippen LogP contribution is -2.34. The SMILES string of the molecule is CC(C)n1ccc(CN2CCC(CC(=O)O)CC2)n1. The van der Waals surface area contributed by atoms with Gasteiger partial charge in [0.1, 0.15) is 0 Å². The van der Waals surface area contributed by atoms with E-state index in [9.17, 15) is 4.79 Å². The first kappa shape index (κ1) is 14.1. The highest BCUT2D eigenvalue weighted by atomic mass is 16.4. The number of aromatic nitrogens is 2. The van der Waals surface area contributed by atoms with E-state index in [4.69, 9.17) is 5.11 Å². The van der Waals surface area contributed by atoms with Crippen LogP contribution >= 0.6 is 0 Å². The second kappa shape index (κ2) is 6.19. The lowest BCUT2D eigenvalue weighted by molar-refractivity contribution is -0.138. The van der Waals surface area contributed by atoms with Crippen molar-refractivity contribution in [2.45, 2.75) is 45.7 Å². The van der Waals surface area contributed by atoms with E-state index in [-0.39, 0.29) is 0 Å². The zero-order chi connectivity index (χ0) is 13.8. The van der Waals surface area contributed by atoms with Gasteiger partial charge in [-0.05, 0) is 51.8 Å². The first-order chi connectivity index (χ1) is 9.04. The number of piperidine rings is 1. The summed E-state index contributed by atoms with van der Waals surface area (Å²) in [7, 11) is 0. The molecule has 5 nitrogen and oxygen atoms in total. The van der Waals surface area contributed by atoms with Gasteiger partial charge in [0.05, 0.1) is 5.69 Å². The largest absolute Gasteiger partial charge is 0.481 e. The Kier molecular flexibility index (Phi) is 4.58. The molecule has 19 heavy (non-hydrogen) atoms. The van der Waals surface area contributed by atoms with E-state index >= 15 is 0 Å². The van der Waals surface area contributed by atoms with Gasteiger partial charge in [0.15, 0.2) is 0 Å². The van der Waals surface area contributed by atoms with Crippen LogP contribution in [0.25, 0.3) is 0 Å². The molecular weight excluding hydrogens is 242 g/mol. The van der Waals surface area contributed by atoms with Crippen LogP contribution in [0.3, 0.4) is 0 Å². The highest BCUT2D eigenvalue weighted by Crippen LogP contribution is 2.21. The molecule has 0 saturated carbocycles. The Labute approximate surface area is 114 Å². The minimum atomic E-state index is -0.672. The van der Waals surface area contributed by atoms with Crippen molar-refractivity contribution in [1.29, 1.82) is 0 Å². The Morgan fingerprint density at radius 3 is 2.68 bits per heavy atom. The van der Waals surface area contributed by atoms with Crippen LogP contribution in [0.2, 0.25) is 0 Å². The summed E-state index contributed by atoms with van der Waals surface area (Å²) in [6, 6.07) is 2.47. The molecule has 2 rings (SSSR count). The Morgan fingerprint density at radius 1 is 1.47 bits per heavy atom. The quantitative estimate of drug-likeness (QED) is 0.886. The number of hydrogen-bond acceptors (Lipinski definition) is 3. The first-order valence-corrected chi connectivity index (χ1v) is 7.02. The van der Waals surface area contributed by atoms with E-state index in [0.29, 0.717) is 18.4 Å². The first-order valence-electron chi connectivity index (χ1n) is 7.02. The second-order valence-corrected chi connectivity index (χ2v) is 5.70. The maximum Gasteiger partial charge on any atom is 0.303 e. The zero-order valence-electron chi connectivity index (χ0n) is 11.7. The topological polar surface area (TPSA) is 58.4 Å².